The number of rotatable bonds is 4. The predicted octanol–water partition coefficient (Wildman–Crippen LogP) is 3.13. The van der Waals surface area contributed by atoms with E-state index in [0.717, 1.165) is 54.7 Å². The van der Waals surface area contributed by atoms with Gasteiger partial charge < -0.3 is 15.0 Å². The molecule has 0 unspecified atom stereocenters. The van der Waals surface area contributed by atoms with Crippen LogP contribution in [0, 0.1) is 0 Å². The molecule has 114 valence electrons. The van der Waals surface area contributed by atoms with E-state index >= 15 is 0 Å². The maximum atomic E-state index is 5.63. The lowest BCUT2D eigenvalue weighted by molar-refractivity contribution is 0.0641. The summed E-state index contributed by atoms with van der Waals surface area (Å²) in [6.07, 6.45) is 1.06. The minimum atomic E-state index is -0.0521. The molecule has 6 heteroatoms. The van der Waals surface area contributed by atoms with Crippen molar-refractivity contribution in [2.75, 3.05) is 36.5 Å². The van der Waals surface area contributed by atoms with Crippen molar-refractivity contribution in [3.8, 4) is 0 Å². The third-order valence-corrected chi connectivity index (χ3v) is 4.55. The van der Waals surface area contributed by atoms with Crippen LogP contribution in [-0.2, 0) is 4.74 Å². The molecule has 1 aliphatic heterocycles. The Bertz CT molecular complexity index is 625. The van der Waals surface area contributed by atoms with Gasteiger partial charge in [0.05, 0.1) is 24.1 Å². The largest absolute Gasteiger partial charge is 0.377 e. The smallest absolute Gasteiger partial charge is 0.226 e. The van der Waals surface area contributed by atoms with Crippen molar-refractivity contribution in [3.05, 3.63) is 11.4 Å². The van der Waals surface area contributed by atoms with Crippen LogP contribution < -0.4 is 10.2 Å². The fourth-order valence-corrected chi connectivity index (χ4v) is 3.37. The Kier molecular flexibility index (Phi) is 3.99. The Morgan fingerprint density at radius 2 is 2.29 bits per heavy atom. The van der Waals surface area contributed by atoms with Crippen LogP contribution in [0.2, 0.25) is 0 Å². The predicted molar refractivity (Wildman–Crippen MR) is 88.4 cm³/mol. The van der Waals surface area contributed by atoms with E-state index in [1.807, 2.05) is 0 Å². The number of morpholine rings is 1. The van der Waals surface area contributed by atoms with E-state index in [9.17, 15) is 0 Å². The molecule has 1 aliphatic rings. The van der Waals surface area contributed by atoms with Crippen molar-refractivity contribution in [2.45, 2.75) is 32.7 Å². The van der Waals surface area contributed by atoms with Gasteiger partial charge in [-0.15, -0.1) is 11.3 Å². The van der Waals surface area contributed by atoms with E-state index in [0.29, 0.717) is 0 Å². The molecule has 3 heterocycles. The first-order valence-corrected chi connectivity index (χ1v) is 8.34. The number of anilines is 2. The number of hydrogen-bond donors (Lipinski definition) is 1. The van der Waals surface area contributed by atoms with Crippen LogP contribution in [0.5, 0.6) is 0 Å². The average molecular weight is 306 g/mol. The van der Waals surface area contributed by atoms with Gasteiger partial charge in [-0.2, -0.15) is 4.98 Å². The fourth-order valence-electron chi connectivity index (χ4n) is 2.61. The monoisotopic (exact) mass is 306 g/mol. The molecular formula is C15H22N4OS. The highest BCUT2D eigenvalue weighted by molar-refractivity contribution is 7.16. The Hall–Kier alpha value is -1.40. The second-order valence-corrected chi connectivity index (χ2v) is 6.85. The van der Waals surface area contributed by atoms with Gasteiger partial charge >= 0.3 is 0 Å². The highest BCUT2D eigenvalue weighted by Gasteiger charge is 2.33. The molecule has 0 spiro atoms. The summed E-state index contributed by atoms with van der Waals surface area (Å²) in [5.74, 6) is 1.75. The van der Waals surface area contributed by atoms with Gasteiger partial charge in [-0.3, -0.25) is 0 Å². The van der Waals surface area contributed by atoms with Gasteiger partial charge in [0, 0.05) is 13.1 Å². The van der Waals surface area contributed by atoms with E-state index in [-0.39, 0.29) is 5.54 Å². The van der Waals surface area contributed by atoms with Crippen molar-refractivity contribution in [1.29, 1.82) is 0 Å². The Morgan fingerprint density at radius 1 is 1.43 bits per heavy atom. The quantitative estimate of drug-likeness (QED) is 0.940. The third kappa shape index (κ3) is 2.82. The minimum absolute atomic E-state index is 0.0521. The zero-order valence-electron chi connectivity index (χ0n) is 12.8. The first-order chi connectivity index (χ1) is 10.1. The SMILES string of the molecule is CCCNc1nc(N2CCOCC2(C)C)c2ccsc2n1. The van der Waals surface area contributed by atoms with Crippen LogP contribution in [-0.4, -0.2) is 41.8 Å². The zero-order valence-corrected chi connectivity index (χ0v) is 13.7. The Labute approximate surface area is 129 Å². The molecule has 0 radical (unpaired) electrons. The lowest BCUT2D eigenvalue weighted by Gasteiger charge is -2.43. The maximum Gasteiger partial charge on any atom is 0.226 e. The number of fused-ring (bicyclic) bond motifs is 1. The molecule has 0 bridgehead atoms. The molecule has 1 N–H and O–H groups in total. The first-order valence-electron chi connectivity index (χ1n) is 7.46. The van der Waals surface area contributed by atoms with Crippen LogP contribution in [0.3, 0.4) is 0 Å². The molecule has 0 amide bonds. The summed E-state index contributed by atoms with van der Waals surface area (Å²) in [6, 6.07) is 2.12. The second-order valence-electron chi connectivity index (χ2n) is 5.95. The number of aromatic nitrogens is 2. The topological polar surface area (TPSA) is 50.3 Å². The van der Waals surface area contributed by atoms with Crippen molar-refractivity contribution in [2.24, 2.45) is 0 Å². The summed E-state index contributed by atoms with van der Waals surface area (Å²) in [5, 5.41) is 6.53. The molecule has 3 rings (SSSR count). The van der Waals surface area contributed by atoms with Gasteiger partial charge in [0.25, 0.3) is 0 Å². The van der Waals surface area contributed by atoms with Gasteiger partial charge in [0.1, 0.15) is 10.6 Å². The van der Waals surface area contributed by atoms with Gasteiger partial charge in [0.2, 0.25) is 5.95 Å². The van der Waals surface area contributed by atoms with E-state index in [4.69, 9.17) is 9.72 Å². The normalized spacial score (nSPS) is 18.1. The van der Waals surface area contributed by atoms with Gasteiger partial charge in [-0.25, -0.2) is 4.98 Å². The standard InChI is InChI=1S/C15H22N4OS/c1-4-6-16-14-17-12(11-5-9-21-13(11)18-14)19-7-8-20-10-15(19,2)3/h5,9H,4,6-8,10H2,1-3H3,(H,16,17,18). The molecule has 0 saturated carbocycles. The highest BCUT2D eigenvalue weighted by atomic mass is 32.1. The molecule has 2 aromatic heterocycles. The average Bonchev–Trinajstić information content (AvgIpc) is 2.92. The van der Waals surface area contributed by atoms with Crippen molar-refractivity contribution in [3.63, 3.8) is 0 Å². The number of nitrogens with one attached hydrogen (secondary N) is 1. The van der Waals surface area contributed by atoms with Gasteiger partial charge in [-0.1, -0.05) is 6.92 Å². The van der Waals surface area contributed by atoms with Crippen LogP contribution in [0.4, 0.5) is 11.8 Å². The lowest BCUT2D eigenvalue weighted by Crippen LogP contribution is -2.53. The number of nitrogens with zero attached hydrogens (tertiary/aromatic N) is 3. The maximum absolute atomic E-state index is 5.63. The molecule has 21 heavy (non-hydrogen) atoms. The first kappa shape index (κ1) is 14.5. The summed E-state index contributed by atoms with van der Waals surface area (Å²) in [7, 11) is 0. The second kappa shape index (κ2) is 5.77. The summed E-state index contributed by atoms with van der Waals surface area (Å²) in [6.45, 7) is 9.77. The highest BCUT2D eigenvalue weighted by Crippen LogP contribution is 2.34. The third-order valence-electron chi connectivity index (χ3n) is 3.74. The lowest BCUT2D eigenvalue weighted by atomic mass is 10.0. The molecular weight excluding hydrogens is 284 g/mol. The zero-order chi connectivity index (χ0) is 14.9. The number of hydrogen-bond acceptors (Lipinski definition) is 6. The minimum Gasteiger partial charge on any atom is -0.377 e. The summed E-state index contributed by atoms with van der Waals surface area (Å²) in [5.41, 5.74) is -0.0521. The number of thiophene rings is 1. The van der Waals surface area contributed by atoms with Crippen molar-refractivity contribution >= 4 is 33.3 Å². The molecule has 5 nitrogen and oxygen atoms in total. The van der Waals surface area contributed by atoms with E-state index < -0.39 is 0 Å². The van der Waals surface area contributed by atoms with Crippen molar-refractivity contribution in [1.82, 2.24) is 9.97 Å². The van der Waals surface area contributed by atoms with E-state index in [1.165, 1.54) is 0 Å². The number of ether oxygens (including phenoxy) is 1. The molecule has 0 atom stereocenters. The fraction of sp³-hybridized carbons (Fsp3) is 0.600. The molecule has 0 aliphatic carbocycles. The summed E-state index contributed by atoms with van der Waals surface area (Å²) in [4.78, 5) is 12.8. The molecule has 1 saturated heterocycles. The Balaban J connectivity index is 2.04. The van der Waals surface area contributed by atoms with Crippen LogP contribution in [0.25, 0.3) is 10.2 Å². The Morgan fingerprint density at radius 3 is 3.05 bits per heavy atom. The van der Waals surface area contributed by atoms with Crippen LogP contribution in [0.15, 0.2) is 11.4 Å². The van der Waals surface area contributed by atoms with Gasteiger partial charge in [-0.05, 0) is 31.7 Å². The van der Waals surface area contributed by atoms with E-state index in [2.05, 4.69) is 47.4 Å². The van der Waals surface area contributed by atoms with Crippen LogP contribution in [0.1, 0.15) is 27.2 Å². The van der Waals surface area contributed by atoms with Crippen molar-refractivity contribution < 1.29 is 4.74 Å². The van der Waals surface area contributed by atoms with E-state index in [1.54, 1.807) is 11.3 Å². The van der Waals surface area contributed by atoms with Gasteiger partial charge in [0.15, 0.2) is 0 Å². The summed E-state index contributed by atoms with van der Waals surface area (Å²) >= 11 is 1.66. The van der Waals surface area contributed by atoms with Crippen LogP contribution >= 0.6 is 11.3 Å². The molecule has 0 aromatic carbocycles. The summed E-state index contributed by atoms with van der Waals surface area (Å²) < 4.78 is 5.63. The molecule has 1 fully saturated rings. The molecule has 2 aromatic rings.